The monoisotopic (exact) mass is 258 g/mol. The van der Waals surface area contributed by atoms with Crippen LogP contribution in [0.2, 0.25) is 0 Å². The quantitative estimate of drug-likeness (QED) is 0.676. The average Bonchev–Trinajstić information content (AvgIpc) is 2.37. The predicted octanol–water partition coefficient (Wildman–Crippen LogP) is 2.15. The van der Waals surface area contributed by atoms with E-state index in [2.05, 4.69) is 4.98 Å². The zero-order chi connectivity index (χ0) is 14.0. The molecule has 96 valence electrons. The van der Waals surface area contributed by atoms with E-state index in [0.717, 1.165) is 0 Å². The Morgan fingerprint density at radius 3 is 2.68 bits per heavy atom. The first kappa shape index (κ1) is 12.9. The number of aryl methyl sites for hydroxylation is 1. The lowest BCUT2D eigenvalue weighted by atomic mass is 9.96. The van der Waals surface area contributed by atoms with Crippen LogP contribution in [-0.2, 0) is 0 Å². The number of anilines is 1. The molecule has 0 aliphatic carbocycles. The van der Waals surface area contributed by atoms with Crippen LogP contribution in [-0.4, -0.2) is 17.1 Å². The summed E-state index contributed by atoms with van der Waals surface area (Å²) in [6.07, 6.45) is 1.85. The third kappa shape index (κ3) is 2.35. The minimum Gasteiger partial charge on any atom is -0.383 e. The Morgan fingerprint density at radius 1 is 1.32 bits per heavy atom. The molecular weight excluding hydrogens is 247 g/mol. The minimum atomic E-state index is -0.418. The van der Waals surface area contributed by atoms with Gasteiger partial charge in [-0.05, 0) is 36.8 Å². The number of benzene rings is 1. The van der Waals surface area contributed by atoms with Crippen LogP contribution in [0.1, 0.15) is 31.8 Å². The molecule has 2 N–H and O–H groups in total. The first-order chi connectivity index (χ1) is 9.04. The van der Waals surface area contributed by atoms with Crippen LogP contribution in [0.5, 0.6) is 0 Å². The van der Waals surface area contributed by atoms with E-state index in [4.69, 9.17) is 5.73 Å². The topological polar surface area (TPSA) is 73.1 Å². The van der Waals surface area contributed by atoms with E-state index >= 15 is 0 Å². The number of halogens is 1. The highest BCUT2D eigenvalue weighted by Gasteiger charge is 2.17. The van der Waals surface area contributed by atoms with Gasteiger partial charge in [0.2, 0.25) is 0 Å². The number of ketones is 1. The van der Waals surface area contributed by atoms with Crippen molar-refractivity contribution >= 4 is 17.9 Å². The molecule has 0 saturated heterocycles. The second-order valence-electron chi connectivity index (χ2n) is 4.06. The summed E-state index contributed by atoms with van der Waals surface area (Å²) in [6.45, 7) is 1.63. The number of rotatable bonds is 3. The summed E-state index contributed by atoms with van der Waals surface area (Å²) in [6, 6.07) is 5.27. The molecule has 0 spiro atoms. The van der Waals surface area contributed by atoms with Crippen molar-refractivity contribution in [3.8, 4) is 0 Å². The number of aldehydes is 1. The van der Waals surface area contributed by atoms with Crippen molar-refractivity contribution in [2.24, 2.45) is 0 Å². The Kier molecular flexibility index (Phi) is 3.37. The van der Waals surface area contributed by atoms with E-state index < -0.39 is 5.82 Å². The lowest BCUT2D eigenvalue weighted by molar-refractivity contribution is 0.102. The van der Waals surface area contributed by atoms with Gasteiger partial charge in [-0.15, -0.1) is 0 Å². The Bertz CT molecular complexity index is 668. The van der Waals surface area contributed by atoms with Gasteiger partial charge in [0.25, 0.3) is 0 Å². The molecule has 0 bridgehead atoms. The minimum absolute atomic E-state index is 0.000569. The van der Waals surface area contributed by atoms with Gasteiger partial charge in [0.05, 0.1) is 5.56 Å². The zero-order valence-corrected chi connectivity index (χ0v) is 10.2. The Labute approximate surface area is 109 Å². The zero-order valence-electron chi connectivity index (χ0n) is 10.2. The van der Waals surface area contributed by atoms with Crippen LogP contribution < -0.4 is 5.73 Å². The lowest BCUT2D eigenvalue weighted by Crippen LogP contribution is -2.10. The molecule has 4 nitrogen and oxygen atoms in total. The second kappa shape index (κ2) is 4.97. The Morgan fingerprint density at radius 2 is 2.05 bits per heavy atom. The normalized spacial score (nSPS) is 10.2. The largest absolute Gasteiger partial charge is 0.383 e. The van der Waals surface area contributed by atoms with E-state index in [-0.39, 0.29) is 22.7 Å². The van der Waals surface area contributed by atoms with E-state index in [1.807, 2.05) is 0 Å². The molecule has 2 aromatic rings. The van der Waals surface area contributed by atoms with Gasteiger partial charge < -0.3 is 5.73 Å². The van der Waals surface area contributed by atoms with Gasteiger partial charge >= 0.3 is 0 Å². The average molecular weight is 258 g/mol. The number of aromatic nitrogens is 1. The van der Waals surface area contributed by atoms with Gasteiger partial charge in [0.1, 0.15) is 11.6 Å². The maximum Gasteiger partial charge on any atom is 0.194 e. The summed E-state index contributed by atoms with van der Waals surface area (Å²) in [5, 5.41) is 0. The first-order valence-corrected chi connectivity index (χ1v) is 5.55. The van der Waals surface area contributed by atoms with E-state index in [0.29, 0.717) is 17.4 Å². The van der Waals surface area contributed by atoms with Crippen molar-refractivity contribution in [2.45, 2.75) is 6.92 Å². The van der Waals surface area contributed by atoms with Crippen molar-refractivity contribution in [2.75, 3.05) is 5.73 Å². The van der Waals surface area contributed by atoms with Crippen molar-refractivity contribution in [1.29, 1.82) is 0 Å². The van der Waals surface area contributed by atoms with Crippen LogP contribution in [0.25, 0.3) is 0 Å². The van der Waals surface area contributed by atoms with Gasteiger partial charge in [-0.1, -0.05) is 0 Å². The molecule has 2 rings (SSSR count). The highest BCUT2D eigenvalue weighted by atomic mass is 19.1. The van der Waals surface area contributed by atoms with Crippen LogP contribution in [0.4, 0.5) is 10.2 Å². The molecule has 5 heteroatoms. The number of nitrogens with two attached hydrogens (primary N) is 1. The molecule has 19 heavy (non-hydrogen) atoms. The van der Waals surface area contributed by atoms with Crippen molar-refractivity contribution < 1.29 is 14.0 Å². The van der Waals surface area contributed by atoms with Gasteiger partial charge in [-0.3, -0.25) is 9.59 Å². The number of hydrogen-bond donors (Lipinski definition) is 1. The summed E-state index contributed by atoms with van der Waals surface area (Å²) < 4.78 is 13.0. The van der Waals surface area contributed by atoms with E-state index in [1.165, 1.54) is 30.5 Å². The fourth-order valence-corrected chi connectivity index (χ4v) is 1.84. The van der Waals surface area contributed by atoms with Crippen LogP contribution in [0.15, 0.2) is 30.5 Å². The summed E-state index contributed by atoms with van der Waals surface area (Å²) in [5.74, 6) is -0.798. The molecule has 1 aromatic carbocycles. The molecular formula is C14H11FN2O2. The maximum atomic E-state index is 13.0. The van der Waals surface area contributed by atoms with Crippen LogP contribution in [0.3, 0.4) is 0 Å². The molecule has 1 heterocycles. The number of carbonyl (C=O) groups is 2. The third-order valence-corrected chi connectivity index (χ3v) is 2.82. The predicted molar refractivity (Wildman–Crippen MR) is 68.6 cm³/mol. The molecule has 0 atom stereocenters. The van der Waals surface area contributed by atoms with Crippen molar-refractivity contribution in [3.63, 3.8) is 0 Å². The fraction of sp³-hybridized carbons (Fsp3) is 0.0714. The molecule has 0 saturated carbocycles. The van der Waals surface area contributed by atoms with Crippen LogP contribution >= 0.6 is 0 Å². The molecule has 0 unspecified atom stereocenters. The van der Waals surface area contributed by atoms with E-state index in [9.17, 15) is 14.0 Å². The van der Waals surface area contributed by atoms with Gasteiger partial charge in [-0.25, -0.2) is 9.37 Å². The maximum absolute atomic E-state index is 13.0. The molecule has 0 aliphatic rings. The first-order valence-electron chi connectivity index (χ1n) is 5.55. The highest BCUT2D eigenvalue weighted by molar-refractivity contribution is 6.14. The number of nitrogens with zero attached hydrogens (tertiary/aromatic N) is 1. The molecule has 1 aromatic heterocycles. The van der Waals surface area contributed by atoms with Gasteiger partial charge in [0, 0.05) is 17.3 Å². The molecule has 0 fully saturated rings. The summed E-state index contributed by atoms with van der Waals surface area (Å²) in [5.41, 5.74) is 6.60. The van der Waals surface area contributed by atoms with Gasteiger partial charge in [-0.2, -0.15) is 0 Å². The van der Waals surface area contributed by atoms with Gasteiger partial charge in [0.15, 0.2) is 12.1 Å². The van der Waals surface area contributed by atoms with E-state index in [1.54, 1.807) is 6.92 Å². The third-order valence-electron chi connectivity index (χ3n) is 2.82. The Balaban J connectivity index is 2.56. The fourth-order valence-electron chi connectivity index (χ4n) is 1.84. The lowest BCUT2D eigenvalue weighted by Gasteiger charge is -2.08. The smallest absolute Gasteiger partial charge is 0.194 e. The highest BCUT2D eigenvalue weighted by Crippen LogP contribution is 2.19. The molecule has 0 aliphatic heterocycles. The number of hydrogen-bond acceptors (Lipinski definition) is 4. The summed E-state index contributed by atoms with van der Waals surface area (Å²) in [4.78, 5) is 27.1. The second-order valence-corrected chi connectivity index (χ2v) is 4.06. The SMILES string of the molecule is Cc1cc(F)ccc1C(=O)c1ccnc(N)c1C=O. The molecule has 0 radical (unpaired) electrons. The number of carbonyl (C=O) groups excluding carboxylic acids is 2. The summed E-state index contributed by atoms with van der Waals surface area (Å²) >= 11 is 0. The van der Waals surface area contributed by atoms with Crippen molar-refractivity contribution in [1.82, 2.24) is 4.98 Å². The van der Waals surface area contributed by atoms with Crippen LogP contribution in [0, 0.1) is 12.7 Å². The summed E-state index contributed by atoms with van der Waals surface area (Å²) in [7, 11) is 0. The molecule has 0 amide bonds. The standard InChI is InChI=1S/C14H11FN2O2/c1-8-6-9(15)2-3-10(8)13(19)11-4-5-17-14(16)12(11)7-18/h2-7H,1H3,(H2,16,17). The Hall–Kier alpha value is -2.56. The number of nitrogen functional groups attached to an aromatic ring is 1. The number of pyridine rings is 1. The van der Waals surface area contributed by atoms with Crippen molar-refractivity contribution in [3.05, 3.63) is 58.5 Å².